The third kappa shape index (κ3) is 14.9. The van der Waals surface area contributed by atoms with Gasteiger partial charge >= 0.3 is 23.9 Å². The van der Waals surface area contributed by atoms with Crippen LogP contribution in [0.15, 0.2) is 0 Å². The van der Waals surface area contributed by atoms with Crippen molar-refractivity contribution in [1.29, 1.82) is 0 Å². The van der Waals surface area contributed by atoms with Gasteiger partial charge in [-0.2, -0.15) is 0 Å². The molecule has 0 aliphatic carbocycles. The molecule has 0 N–H and O–H groups in total. The van der Waals surface area contributed by atoms with E-state index in [0.29, 0.717) is 44.9 Å². The van der Waals surface area contributed by atoms with Gasteiger partial charge in [-0.15, -0.1) is 0 Å². The number of piperidine rings is 3. The Labute approximate surface area is 378 Å². The maximum atomic E-state index is 14.8. The van der Waals surface area contributed by atoms with E-state index in [9.17, 15) is 19.2 Å². The first-order valence-corrected chi connectivity index (χ1v) is 24.5. The Hall–Kier alpha value is -2.24. The number of unbranched alkanes of at least 4 members (excludes halogenated alkanes) is 6. The number of nitrogens with zero attached hydrogens (tertiary/aromatic N) is 3. The molecular weight excluding hydrogens is 783 g/mol. The fourth-order valence-electron chi connectivity index (χ4n) is 11.1. The van der Waals surface area contributed by atoms with Crippen LogP contribution >= 0.6 is 0 Å². The van der Waals surface area contributed by atoms with Gasteiger partial charge in [-0.1, -0.05) is 58.8 Å². The molecule has 62 heavy (non-hydrogen) atoms. The summed E-state index contributed by atoms with van der Waals surface area (Å²) >= 11 is 0. The van der Waals surface area contributed by atoms with Gasteiger partial charge in [-0.05, 0) is 123 Å². The van der Waals surface area contributed by atoms with Gasteiger partial charge in [-0.3, -0.25) is 33.9 Å². The highest BCUT2D eigenvalue weighted by Crippen LogP contribution is 2.42. The molecular formula is C51H93N3O8. The first kappa shape index (κ1) is 54.1. The molecule has 0 aromatic rings. The molecule has 0 bridgehead atoms. The maximum Gasteiger partial charge on any atom is 0.310 e. The predicted octanol–water partition coefficient (Wildman–Crippen LogP) is 10.4. The lowest BCUT2D eigenvalue weighted by molar-refractivity contribution is -0.182. The number of carbonyl (C=O) groups is 4. The van der Waals surface area contributed by atoms with E-state index in [-0.39, 0.29) is 39.3 Å². The molecule has 11 nitrogen and oxygen atoms in total. The van der Waals surface area contributed by atoms with E-state index < -0.39 is 66.9 Å². The minimum atomic E-state index is -1.32. The zero-order valence-electron chi connectivity index (χ0n) is 42.8. The highest BCUT2D eigenvalue weighted by atomic mass is 16.6. The van der Waals surface area contributed by atoms with Crippen LogP contribution in [-0.2, 0) is 38.1 Å². The van der Waals surface area contributed by atoms with Gasteiger partial charge in [0, 0.05) is 71.8 Å². The summed E-state index contributed by atoms with van der Waals surface area (Å²) in [5.41, 5.74) is -1.61. The fourth-order valence-corrected chi connectivity index (χ4v) is 11.1. The molecule has 0 aromatic heterocycles. The van der Waals surface area contributed by atoms with Crippen LogP contribution in [0.4, 0.5) is 0 Å². The normalized spacial score (nSPS) is 24.4. The predicted molar refractivity (Wildman–Crippen MR) is 249 cm³/mol. The SMILES string of the molecule is CCCCCCCCCC(CCC)OC(=O)CC(C(=O)OC1CC(C)(C)N(C)C(C)(C)C1)C(CC(=O)OC1CC(C)(C)N(C)C(C)(C)C1)C(=O)OC1CC(C)(C)N(C)C(C)(C)C1. The smallest absolute Gasteiger partial charge is 0.310 e. The van der Waals surface area contributed by atoms with E-state index in [0.717, 1.165) is 32.1 Å². The quantitative estimate of drug-likeness (QED) is 0.0624. The van der Waals surface area contributed by atoms with Crippen LogP contribution in [-0.4, -0.2) is 117 Å². The molecule has 0 aromatic carbocycles. The fraction of sp³-hybridized carbons (Fsp3) is 0.922. The molecule has 3 saturated heterocycles. The Kier molecular flexibility index (Phi) is 19.0. The largest absolute Gasteiger partial charge is 0.462 e. The standard InChI is InChI=1S/C51H93N3O8/c1-18-20-21-22-23-24-25-27-36(26-19-2)59-42(55)28-40(44(57)61-38-32-48(7,8)53(16)49(9,10)33-38)41(45(58)62-39-34-50(11,12)54(17)51(13,14)35-39)29-43(56)60-37-30-46(3,4)52(15)47(5,6)31-37/h36-41H,18-35H2,1-17H3. The van der Waals surface area contributed by atoms with E-state index in [4.69, 9.17) is 18.9 Å². The van der Waals surface area contributed by atoms with Crippen LogP contribution in [0.1, 0.15) is 213 Å². The van der Waals surface area contributed by atoms with Crippen LogP contribution in [0.25, 0.3) is 0 Å². The first-order valence-electron chi connectivity index (χ1n) is 24.5. The summed E-state index contributed by atoms with van der Waals surface area (Å²) in [5, 5.41) is 0. The van der Waals surface area contributed by atoms with Gasteiger partial charge < -0.3 is 18.9 Å². The Balaban J connectivity index is 2.00. The van der Waals surface area contributed by atoms with Crippen molar-refractivity contribution >= 4 is 23.9 Å². The van der Waals surface area contributed by atoms with Crippen LogP contribution in [0.3, 0.4) is 0 Å². The summed E-state index contributed by atoms with van der Waals surface area (Å²) in [6, 6.07) is 0. The van der Waals surface area contributed by atoms with Crippen LogP contribution in [0.5, 0.6) is 0 Å². The molecule has 0 amide bonds. The summed E-state index contributed by atoms with van der Waals surface area (Å²) < 4.78 is 25.2. The van der Waals surface area contributed by atoms with Gasteiger partial charge in [-0.25, -0.2) is 0 Å². The first-order chi connectivity index (χ1) is 28.5. The number of rotatable bonds is 21. The van der Waals surface area contributed by atoms with Gasteiger partial charge in [0.1, 0.15) is 24.4 Å². The van der Waals surface area contributed by atoms with E-state index in [2.05, 4.69) is 133 Å². The molecule has 11 heteroatoms. The van der Waals surface area contributed by atoms with Crippen LogP contribution in [0, 0.1) is 11.8 Å². The molecule has 0 radical (unpaired) electrons. The van der Waals surface area contributed by atoms with E-state index in [1.807, 2.05) is 0 Å². The minimum Gasteiger partial charge on any atom is -0.462 e. The highest BCUT2D eigenvalue weighted by molar-refractivity contribution is 5.88. The molecule has 3 unspecified atom stereocenters. The number of hydrogen-bond acceptors (Lipinski definition) is 11. The molecule has 0 saturated carbocycles. The highest BCUT2D eigenvalue weighted by Gasteiger charge is 2.50. The summed E-state index contributed by atoms with van der Waals surface area (Å²) in [5.74, 6) is -5.15. The second-order valence-electron chi connectivity index (χ2n) is 23.4. The average Bonchev–Trinajstić information content (AvgIpc) is 3.12. The molecule has 3 heterocycles. The number of likely N-dealkylation sites (tertiary alicyclic amines) is 3. The monoisotopic (exact) mass is 876 g/mol. The van der Waals surface area contributed by atoms with Crippen LogP contribution < -0.4 is 0 Å². The Morgan fingerprint density at radius 2 is 0.774 bits per heavy atom. The molecule has 3 atom stereocenters. The van der Waals surface area contributed by atoms with Crippen LogP contribution in [0.2, 0.25) is 0 Å². The molecule has 3 aliphatic heterocycles. The molecule has 3 aliphatic rings. The van der Waals surface area contributed by atoms with E-state index in [1.165, 1.54) is 25.7 Å². The molecule has 3 fully saturated rings. The van der Waals surface area contributed by atoms with E-state index >= 15 is 0 Å². The third-order valence-electron chi connectivity index (χ3n) is 15.6. The van der Waals surface area contributed by atoms with Crippen molar-refractivity contribution in [1.82, 2.24) is 14.7 Å². The number of ether oxygens (including phenoxy) is 4. The number of esters is 4. The Bertz CT molecular complexity index is 1430. The van der Waals surface area contributed by atoms with Gasteiger partial charge in [0.2, 0.25) is 0 Å². The Morgan fingerprint density at radius 1 is 0.452 bits per heavy atom. The van der Waals surface area contributed by atoms with E-state index in [1.54, 1.807) is 0 Å². The van der Waals surface area contributed by atoms with Gasteiger partial charge in [0.15, 0.2) is 0 Å². The zero-order chi connectivity index (χ0) is 47.1. The summed E-state index contributed by atoms with van der Waals surface area (Å²) in [7, 11) is 6.27. The second kappa shape index (κ2) is 21.8. The van der Waals surface area contributed by atoms with Crippen molar-refractivity contribution in [2.75, 3.05) is 21.1 Å². The summed E-state index contributed by atoms with van der Waals surface area (Å²) in [6.45, 7) is 29.9. The van der Waals surface area contributed by atoms with Gasteiger partial charge in [0.25, 0.3) is 0 Å². The topological polar surface area (TPSA) is 115 Å². The Morgan fingerprint density at radius 3 is 1.13 bits per heavy atom. The second-order valence-corrected chi connectivity index (χ2v) is 23.4. The van der Waals surface area contributed by atoms with Crippen molar-refractivity contribution in [3.8, 4) is 0 Å². The van der Waals surface area contributed by atoms with Crippen molar-refractivity contribution in [3.63, 3.8) is 0 Å². The summed E-state index contributed by atoms with van der Waals surface area (Å²) in [6.07, 6.45) is 11.5. The molecule has 0 spiro atoms. The number of hydrogen-bond donors (Lipinski definition) is 0. The van der Waals surface area contributed by atoms with Crippen molar-refractivity contribution in [2.45, 2.75) is 270 Å². The summed E-state index contributed by atoms with van der Waals surface area (Å²) in [4.78, 5) is 65.0. The zero-order valence-corrected chi connectivity index (χ0v) is 42.8. The van der Waals surface area contributed by atoms with Crippen molar-refractivity contribution < 1.29 is 38.1 Å². The van der Waals surface area contributed by atoms with Crippen molar-refractivity contribution in [3.05, 3.63) is 0 Å². The van der Waals surface area contributed by atoms with Crippen molar-refractivity contribution in [2.24, 2.45) is 11.8 Å². The lowest BCUT2D eigenvalue weighted by atomic mass is 9.78. The minimum absolute atomic E-state index is 0.241. The lowest BCUT2D eigenvalue weighted by Gasteiger charge is -2.53. The number of carbonyl (C=O) groups excluding carboxylic acids is 4. The third-order valence-corrected chi connectivity index (χ3v) is 15.6. The molecule has 360 valence electrons. The lowest BCUT2D eigenvalue weighted by Crippen LogP contribution is -2.61. The van der Waals surface area contributed by atoms with Gasteiger partial charge in [0.05, 0.1) is 24.7 Å². The maximum absolute atomic E-state index is 14.8. The average molecular weight is 876 g/mol. The molecule has 3 rings (SSSR count).